The molecule has 182 valence electrons. The van der Waals surface area contributed by atoms with Crippen LogP contribution in [-0.4, -0.2) is 21.0 Å². The Morgan fingerprint density at radius 2 is 1.44 bits per heavy atom. The fraction of sp³-hybridized carbons (Fsp3) is 0.115. The van der Waals surface area contributed by atoms with E-state index in [0.717, 1.165) is 11.1 Å². The number of nitrogens with one attached hydrogen (secondary N) is 1. The second kappa shape index (κ2) is 9.03. The van der Waals surface area contributed by atoms with Gasteiger partial charge in [0.25, 0.3) is 0 Å². The highest BCUT2D eigenvalue weighted by molar-refractivity contribution is 5.95. The van der Waals surface area contributed by atoms with E-state index >= 15 is 0 Å². The van der Waals surface area contributed by atoms with Crippen LogP contribution in [0.15, 0.2) is 48.5 Å². The molecule has 1 aliphatic rings. The molecule has 4 aromatic rings. The van der Waals surface area contributed by atoms with E-state index in [4.69, 9.17) is 4.98 Å². The molecule has 1 aliphatic carbocycles. The van der Waals surface area contributed by atoms with Gasteiger partial charge in [0.15, 0.2) is 29.1 Å². The molecular weight excluding hydrogens is 481 g/mol. The number of nitrogens with zero attached hydrogens (tertiary/aromatic N) is 2. The van der Waals surface area contributed by atoms with Crippen LogP contribution in [-0.2, 0) is 24.1 Å². The highest BCUT2D eigenvalue weighted by atomic mass is 19.2. The van der Waals surface area contributed by atoms with E-state index < -0.39 is 47.0 Å². The van der Waals surface area contributed by atoms with Crippen LogP contribution in [0.1, 0.15) is 16.8 Å². The Labute approximate surface area is 201 Å². The number of amides is 1. The van der Waals surface area contributed by atoms with Gasteiger partial charge < -0.3 is 10.4 Å². The van der Waals surface area contributed by atoms with Crippen molar-refractivity contribution in [1.82, 2.24) is 9.97 Å². The maximum absolute atomic E-state index is 14.1. The number of benzene rings is 3. The maximum Gasteiger partial charge on any atom is 0.230 e. The van der Waals surface area contributed by atoms with Crippen molar-refractivity contribution >= 4 is 11.7 Å². The Bertz CT molecular complexity index is 1490. The topological polar surface area (TPSA) is 75.1 Å². The van der Waals surface area contributed by atoms with Gasteiger partial charge >= 0.3 is 0 Å². The SMILES string of the molecule is O=C(Cc1c(F)c(F)c(F)c(F)c1F)Nc1nc2c(nc1-c1ccc(O)cc1)-c1ccccc1CC2. The standard InChI is InChI=1S/C26H16F5N3O2/c27-19-16(20(28)22(30)23(31)21(19)29)11-18(36)33-26-24(13-5-8-14(35)9-6-13)34-25-15-4-2-1-3-12(15)7-10-17(25)32-26/h1-6,8-9,35H,7,10-11H2,(H,32,33,36). The van der Waals surface area contributed by atoms with Crippen molar-refractivity contribution < 1.29 is 31.9 Å². The number of carbonyl (C=O) groups is 1. The van der Waals surface area contributed by atoms with Gasteiger partial charge in [0.05, 0.1) is 17.8 Å². The smallest absolute Gasteiger partial charge is 0.230 e. The summed E-state index contributed by atoms with van der Waals surface area (Å²) < 4.78 is 68.7. The summed E-state index contributed by atoms with van der Waals surface area (Å²) in [5, 5.41) is 12.1. The number of phenols is 1. The second-order valence-electron chi connectivity index (χ2n) is 8.19. The van der Waals surface area contributed by atoms with Crippen molar-refractivity contribution in [3.63, 3.8) is 0 Å². The first-order chi connectivity index (χ1) is 17.2. The summed E-state index contributed by atoms with van der Waals surface area (Å²) >= 11 is 0. The molecule has 0 saturated carbocycles. The quantitative estimate of drug-likeness (QED) is 0.222. The maximum atomic E-state index is 14.1. The highest BCUT2D eigenvalue weighted by Gasteiger charge is 2.28. The average Bonchev–Trinajstić information content (AvgIpc) is 2.89. The molecule has 5 rings (SSSR count). The fourth-order valence-electron chi connectivity index (χ4n) is 4.13. The lowest BCUT2D eigenvalue weighted by Crippen LogP contribution is -2.21. The molecule has 10 heteroatoms. The fourth-order valence-corrected chi connectivity index (χ4v) is 4.13. The highest BCUT2D eigenvalue weighted by Crippen LogP contribution is 2.36. The van der Waals surface area contributed by atoms with E-state index in [1.807, 2.05) is 24.3 Å². The predicted molar refractivity (Wildman–Crippen MR) is 121 cm³/mol. The minimum Gasteiger partial charge on any atom is -0.508 e. The number of rotatable bonds is 4. The van der Waals surface area contributed by atoms with E-state index in [0.29, 0.717) is 29.8 Å². The summed E-state index contributed by atoms with van der Waals surface area (Å²) in [6, 6.07) is 13.5. The van der Waals surface area contributed by atoms with Crippen LogP contribution in [0.4, 0.5) is 27.8 Å². The van der Waals surface area contributed by atoms with E-state index in [9.17, 15) is 31.9 Å². The molecule has 36 heavy (non-hydrogen) atoms. The molecule has 0 atom stereocenters. The second-order valence-corrected chi connectivity index (χ2v) is 8.19. The van der Waals surface area contributed by atoms with Crippen molar-refractivity contribution in [3.8, 4) is 28.3 Å². The summed E-state index contributed by atoms with van der Waals surface area (Å²) in [6.45, 7) is 0. The Kier molecular flexibility index (Phi) is 5.87. The summed E-state index contributed by atoms with van der Waals surface area (Å²) in [5.74, 6) is -11.8. The molecule has 1 aromatic heterocycles. The van der Waals surface area contributed by atoms with Gasteiger partial charge in [0.2, 0.25) is 11.7 Å². The number of aromatic hydroxyl groups is 1. The van der Waals surface area contributed by atoms with Gasteiger partial charge in [-0.2, -0.15) is 0 Å². The normalized spacial score (nSPS) is 12.1. The molecule has 1 heterocycles. The van der Waals surface area contributed by atoms with Gasteiger partial charge in [-0.3, -0.25) is 4.79 Å². The summed E-state index contributed by atoms with van der Waals surface area (Å²) in [4.78, 5) is 22.0. The number of hydrogen-bond donors (Lipinski definition) is 2. The number of carbonyl (C=O) groups excluding carboxylic acids is 1. The first kappa shape index (κ1) is 23.4. The molecule has 3 aromatic carbocycles. The van der Waals surface area contributed by atoms with Crippen LogP contribution >= 0.6 is 0 Å². The number of aromatic nitrogens is 2. The zero-order valence-corrected chi connectivity index (χ0v) is 18.4. The Balaban J connectivity index is 1.56. The molecule has 2 N–H and O–H groups in total. The van der Waals surface area contributed by atoms with E-state index in [2.05, 4.69) is 10.3 Å². The molecule has 0 radical (unpaired) electrons. The van der Waals surface area contributed by atoms with Gasteiger partial charge in [0, 0.05) is 16.7 Å². The first-order valence-electron chi connectivity index (χ1n) is 10.8. The number of fused-ring (bicyclic) bond motifs is 3. The van der Waals surface area contributed by atoms with Crippen molar-refractivity contribution in [2.45, 2.75) is 19.3 Å². The van der Waals surface area contributed by atoms with Gasteiger partial charge in [-0.15, -0.1) is 0 Å². The zero-order chi connectivity index (χ0) is 25.6. The Hall–Kier alpha value is -4.34. The van der Waals surface area contributed by atoms with Crippen molar-refractivity contribution in [1.29, 1.82) is 0 Å². The minimum absolute atomic E-state index is 0.00749. The van der Waals surface area contributed by atoms with Gasteiger partial charge in [0.1, 0.15) is 11.4 Å². The van der Waals surface area contributed by atoms with Gasteiger partial charge in [-0.05, 0) is 42.7 Å². The number of anilines is 1. The summed E-state index contributed by atoms with van der Waals surface area (Å²) in [7, 11) is 0. The van der Waals surface area contributed by atoms with Gasteiger partial charge in [-0.25, -0.2) is 31.9 Å². The molecular formula is C26H16F5N3O2. The van der Waals surface area contributed by atoms with Gasteiger partial charge in [-0.1, -0.05) is 24.3 Å². The largest absolute Gasteiger partial charge is 0.508 e. The molecule has 0 saturated heterocycles. The molecule has 5 nitrogen and oxygen atoms in total. The molecule has 0 bridgehead atoms. The Morgan fingerprint density at radius 3 is 2.14 bits per heavy atom. The number of aryl methyl sites for hydroxylation is 2. The number of hydrogen-bond acceptors (Lipinski definition) is 4. The van der Waals surface area contributed by atoms with Crippen LogP contribution in [0.5, 0.6) is 5.75 Å². The lowest BCUT2D eigenvalue weighted by Gasteiger charge is -2.21. The van der Waals surface area contributed by atoms with Crippen molar-refractivity contribution in [2.24, 2.45) is 0 Å². The van der Waals surface area contributed by atoms with Crippen LogP contribution < -0.4 is 5.32 Å². The third-order valence-corrected chi connectivity index (χ3v) is 5.91. The number of phenolic OH excluding ortho intramolecular Hbond substituents is 1. The lowest BCUT2D eigenvalue weighted by molar-refractivity contribution is -0.115. The van der Waals surface area contributed by atoms with Crippen LogP contribution in [0.3, 0.4) is 0 Å². The molecule has 0 aliphatic heterocycles. The zero-order valence-electron chi connectivity index (χ0n) is 18.4. The van der Waals surface area contributed by atoms with Crippen LogP contribution in [0.25, 0.3) is 22.5 Å². The molecule has 1 amide bonds. The summed E-state index contributed by atoms with van der Waals surface area (Å²) in [5.41, 5.74) is 2.52. The van der Waals surface area contributed by atoms with Crippen molar-refractivity contribution in [2.75, 3.05) is 5.32 Å². The molecule has 0 unspecified atom stereocenters. The Morgan fingerprint density at radius 1 is 0.806 bits per heavy atom. The monoisotopic (exact) mass is 497 g/mol. The summed E-state index contributed by atoms with van der Waals surface area (Å²) in [6.07, 6.45) is 0.0620. The van der Waals surface area contributed by atoms with Crippen LogP contribution in [0.2, 0.25) is 0 Å². The van der Waals surface area contributed by atoms with E-state index in [1.54, 1.807) is 12.1 Å². The number of halogens is 5. The molecule has 0 spiro atoms. The lowest BCUT2D eigenvalue weighted by atomic mass is 9.91. The van der Waals surface area contributed by atoms with Crippen molar-refractivity contribution in [3.05, 3.63) is 94.4 Å². The van der Waals surface area contributed by atoms with Crippen LogP contribution in [0, 0.1) is 29.1 Å². The van der Waals surface area contributed by atoms with E-state index in [-0.39, 0.29) is 17.3 Å². The minimum atomic E-state index is -2.30. The first-order valence-corrected chi connectivity index (χ1v) is 10.8. The third kappa shape index (κ3) is 4.04. The predicted octanol–water partition coefficient (Wildman–Crippen LogP) is 5.49. The van der Waals surface area contributed by atoms with E-state index in [1.165, 1.54) is 12.1 Å². The third-order valence-electron chi connectivity index (χ3n) is 5.91. The molecule has 0 fully saturated rings. The average molecular weight is 497 g/mol.